The van der Waals surface area contributed by atoms with Crippen LogP contribution in [0.15, 0.2) is 42.5 Å². The smallest absolute Gasteiger partial charge is 0.246 e. The van der Waals surface area contributed by atoms with Crippen LogP contribution in [0, 0.1) is 0 Å². The van der Waals surface area contributed by atoms with Crippen molar-refractivity contribution in [1.29, 1.82) is 0 Å². The quantitative estimate of drug-likeness (QED) is 0.764. The second kappa shape index (κ2) is 8.46. The molecule has 2 aromatic carbocycles. The third kappa shape index (κ3) is 5.02. The van der Waals surface area contributed by atoms with E-state index in [-0.39, 0.29) is 18.4 Å². The normalized spacial score (nSPS) is 12.6. The molecule has 1 N–H and O–H groups in total. The molecule has 2 aromatic rings. The summed E-state index contributed by atoms with van der Waals surface area (Å²) in [5.74, 6) is 0.304. The summed E-state index contributed by atoms with van der Waals surface area (Å²) in [6.45, 7) is 0.611. The molecule has 0 radical (unpaired) electrons. The predicted molar refractivity (Wildman–Crippen MR) is 107 cm³/mol. The van der Waals surface area contributed by atoms with Crippen molar-refractivity contribution >= 4 is 46.8 Å². The second-order valence-electron chi connectivity index (χ2n) is 6.17. The first-order chi connectivity index (χ1) is 12.9. The van der Waals surface area contributed by atoms with Crippen LogP contribution in [-0.2, 0) is 16.0 Å². The number of nitrogens with one attached hydrogen (secondary N) is 1. The first-order valence-electron chi connectivity index (χ1n) is 8.36. The Hall–Kier alpha value is -2.50. The van der Waals surface area contributed by atoms with Gasteiger partial charge in [0.05, 0.1) is 23.2 Å². The van der Waals surface area contributed by atoms with E-state index in [0.29, 0.717) is 22.3 Å². The van der Waals surface area contributed by atoms with Gasteiger partial charge in [-0.3, -0.25) is 9.59 Å². The van der Waals surface area contributed by atoms with Gasteiger partial charge in [-0.25, -0.2) is 0 Å². The Morgan fingerprint density at radius 3 is 2.78 bits per heavy atom. The molecule has 7 heteroatoms. The van der Waals surface area contributed by atoms with Gasteiger partial charge in [0.1, 0.15) is 5.75 Å². The molecule has 0 bridgehead atoms. The van der Waals surface area contributed by atoms with E-state index in [1.54, 1.807) is 31.3 Å². The molecular formula is C20H18Cl2N2O3. The van der Waals surface area contributed by atoms with Crippen molar-refractivity contribution in [2.75, 3.05) is 25.5 Å². The fourth-order valence-corrected chi connectivity index (χ4v) is 2.97. The summed E-state index contributed by atoms with van der Waals surface area (Å²) in [5, 5.41) is 3.44. The maximum atomic E-state index is 12.2. The van der Waals surface area contributed by atoms with Crippen molar-refractivity contribution in [1.82, 2.24) is 4.90 Å². The Kier molecular flexibility index (Phi) is 6.04. The van der Waals surface area contributed by atoms with Gasteiger partial charge < -0.3 is 15.0 Å². The fourth-order valence-electron chi connectivity index (χ4n) is 2.67. The maximum Gasteiger partial charge on any atom is 0.246 e. The molecule has 1 aliphatic heterocycles. The van der Waals surface area contributed by atoms with E-state index in [9.17, 15) is 9.59 Å². The monoisotopic (exact) mass is 404 g/mol. The number of carbonyl (C=O) groups is 2. The number of likely N-dealkylation sites (N-methyl/N-ethyl adjacent to an activating group) is 1. The zero-order valence-corrected chi connectivity index (χ0v) is 16.2. The number of amides is 2. The van der Waals surface area contributed by atoms with Crippen LogP contribution in [-0.4, -0.2) is 36.9 Å². The molecule has 0 aliphatic carbocycles. The number of hydrogen-bond donors (Lipinski definition) is 1. The lowest BCUT2D eigenvalue weighted by atomic mass is 10.1. The average Bonchev–Trinajstić information content (AvgIpc) is 3.10. The van der Waals surface area contributed by atoms with Crippen molar-refractivity contribution < 1.29 is 14.3 Å². The first-order valence-corrected chi connectivity index (χ1v) is 9.12. The molecule has 0 fully saturated rings. The number of nitrogens with zero attached hydrogens (tertiary/aromatic N) is 1. The lowest BCUT2D eigenvalue weighted by Crippen LogP contribution is -2.33. The van der Waals surface area contributed by atoms with Crippen molar-refractivity contribution in [2.24, 2.45) is 0 Å². The van der Waals surface area contributed by atoms with Gasteiger partial charge in [-0.1, -0.05) is 29.3 Å². The van der Waals surface area contributed by atoms with Crippen LogP contribution in [0.25, 0.3) is 6.08 Å². The number of anilines is 1. The third-order valence-corrected chi connectivity index (χ3v) is 4.83. The molecular weight excluding hydrogens is 387 g/mol. The third-order valence-electron chi connectivity index (χ3n) is 4.09. The average molecular weight is 405 g/mol. The Labute approximate surface area is 167 Å². The Morgan fingerprint density at radius 1 is 1.19 bits per heavy atom. The standard InChI is InChI=1S/C20H18Cl2N2O3/c1-24(12-19(25)23-15-4-5-16(21)17(22)11-15)20(26)7-3-13-2-6-18-14(10-13)8-9-27-18/h2-7,10-11H,8-9,12H2,1H3,(H,23,25)/b7-3+. The minimum Gasteiger partial charge on any atom is -0.493 e. The SMILES string of the molecule is CN(CC(=O)Nc1ccc(Cl)c(Cl)c1)C(=O)/C=C/c1ccc2c(c1)CCO2. The predicted octanol–water partition coefficient (Wildman–Crippen LogP) is 4.04. The molecule has 0 saturated heterocycles. The van der Waals surface area contributed by atoms with E-state index in [4.69, 9.17) is 27.9 Å². The Bertz CT molecular complexity index is 912. The van der Waals surface area contributed by atoms with Gasteiger partial charge in [0.15, 0.2) is 0 Å². The molecule has 1 heterocycles. The van der Waals surface area contributed by atoms with E-state index >= 15 is 0 Å². The number of halogens is 2. The molecule has 27 heavy (non-hydrogen) atoms. The number of benzene rings is 2. The maximum absolute atomic E-state index is 12.2. The van der Waals surface area contributed by atoms with Crippen LogP contribution in [0.4, 0.5) is 5.69 Å². The highest BCUT2D eigenvalue weighted by atomic mass is 35.5. The molecule has 2 amide bonds. The highest BCUT2D eigenvalue weighted by Gasteiger charge is 2.13. The number of rotatable bonds is 5. The zero-order valence-electron chi connectivity index (χ0n) is 14.7. The van der Waals surface area contributed by atoms with E-state index in [1.807, 2.05) is 18.2 Å². The van der Waals surface area contributed by atoms with Crippen LogP contribution in [0.2, 0.25) is 10.0 Å². The van der Waals surface area contributed by atoms with E-state index in [2.05, 4.69) is 5.32 Å². The summed E-state index contributed by atoms with van der Waals surface area (Å²) in [6, 6.07) is 10.6. The van der Waals surface area contributed by atoms with Gasteiger partial charge in [-0.15, -0.1) is 0 Å². The lowest BCUT2D eigenvalue weighted by Gasteiger charge is -2.15. The van der Waals surface area contributed by atoms with Crippen molar-refractivity contribution in [3.63, 3.8) is 0 Å². The second-order valence-corrected chi connectivity index (χ2v) is 6.98. The summed E-state index contributed by atoms with van der Waals surface area (Å²) in [6.07, 6.45) is 4.05. The van der Waals surface area contributed by atoms with Crippen LogP contribution >= 0.6 is 23.2 Å². The molecule has 0 aromatic heterocycles. The minimum absolute atomic E-state index is 0.0819. The molecule has 140 valence electrons. The summed E-state index contributed by atoms with van der Waals surface area (Å²) >= 11 is 11.8. The highest BCUT2D eigenvalue weighted by molar-refractivity contribution is 6.42. The van der Waals surface area contributed by atoms with E-state index < -0.39 is 0 Å². The molecule has 0 unspecified atom stereocenters. The van der Waals surface area contributed by atoms with Crippen LogP contribution in [0.5, 0.6) is 5.75 Å². The Morgan fingerprint density at radius 2 is 2.00 bits per heavy atom. The molecule has 0 saturated carbocycles. The molecule has 1 aliphatic rings. The zero-order chi connectivity index (χ0) is 19.4. The summed E-state index contributed by atoms with van der Waals surface area (Å²) in [5.41, 5.74) is 2.58. The van der Waals surface area contributed by atoms with Gasteiger partial charge >= 0.3 is 0 Å². The topological polar surface area (TPSA) is 58.6 Å². The fraction of sp³-hybridized carbons (Fsp3) is 0.200. The highest BCUT2D eigenvalue weighted by Crippen LogP contribution is 2.26. The van der Waals surface area contributed by atoms with Crippen molar-refractivity contribution in [3.8, 4) is 5.75 Å². The lowest BCUT2D eigenvalue weighted by molar-refractivity contribution is -0.129. The van der Waals surface area contributed by atoms with Gasteiger partial charge in [-0.05, 0) is 47.5 Å². The number of fused-ring (bicyclic) bond motifs is 1. The van der Waals surface area contributed by atoms with Crippen LogP contribution < -0.4 is 10.1 Å². The number of hydrogen-bond acceptors (Lipinski definition) is 3. The molecule has 5 nitrogen and oxygen atoms in total. The largest absolute Gasteiger partial charge is 0.493 e. The van der Waals surface area contributed by atoms with Crippen molar-refractivity contribution in [3.05, 3.63) is 63.6 Å². The van der Waals surface area contributed by atoms with Gasteiger partial charge in [0.2, 0.25) is 11.8 Å². The summed E-state index contributed by atoms with van der Waals surface area (Å²) < 4.78 is 5.46. The van der Waals surface area contributed by atoms with Gasteiger partial charge in [-0.2, -0.15) is 0 Å². The van der Waals surface area contributed by atoms with E-state index in [0.717, 1.165) is 23.3 Å². The molecule has 0 spiro atoms. The first kappa shape index (κ1) is 19.3. The Balaban J connectivity index is 1.55. The van der Waals surface area contributed by atoms with Crippen molar-refractivity contribution in [2.45, 2.75) is 6.42 Å². The number of carbonyl (C=O) groups excluding carboxylic acids is 2. The molecule has 0 atom stereocenters. The number of ether oxygens (including phenoxy) is 1. The summed E-state index contributed by atoms with van der Waals surface area (Å²) in [4.78, 5) is 25.7. The van der Waals surface area contributed by atoms with Gasteiger partial charge in [0.25, 0.3) is 0 Å². The summed E-state index contributed by atoms with van der Waals surface area (Å²) in [7, 11) is 1.57. The molecule has 3 rings (SSSR count). The van der Waals surface area contributed by atoms with Gasteiger partial charge in [0, 0.05) is 25.2 Å². The van der Waals surface area contributed by atoms with Crippen LogP contribution in [0.3, 0.4) is 0 Å². The van der Waals surface area contributed by atoms with E-state index in [1.165, 1.54) is 11.0 Å². The van der Waals surface area contributed by atoms with Crippen LogP contribution in [0.1, 0.15) is 11.1 Å². The minimum atomic E-state index is -0.327.